The van der Waals surface area contributed by atoms with Gasteiger partial charge in [-0.15, -0.1) is 11.8 Å². The minimum atomic E-state index is -0.242. The Kier molecular flexibility index (Phi) is 5.02. The molecule has 0 spiro atoms. The summed E-state index contributed by atoms with van der Waals surface area (Å²) in [5.74, 6) is -0.242. The SMILES string of the molecule is CSc1ccccc1C(N)Cc1ccc(F)cc1Br. The predicted molar refractivity (Wildman–Crippen MR) is 83.0 cm³/mol. The fraction of sp³-hybridized carbons (Fsp3) is 0.200. The van der Waals surface area contributed by atoms with Crippen LogP contribution in [0.4, 0.5) is 4.39 Å². The number of hydrogen-bond donors (Lipinski definition) is 1. The molecule has 0 aliphatic rings. The molecule has 0 aliphatic carbocycles. The number of halogens is 2. The first-order valence-corrected chi connectivity index (χ1v) is 7.96. The van der Waals surface area contributed by atoms with E-state index in [1.54, 1.807) is 17.8 Å². The fourth-order valence-corrected chi connectivity index (χ4v) is 3.19. The monoisotopic (exact) mass is 339 g/mol. The van der Waals surface area contributed by atoms with E-state index in [0.717, 1.165) is 15.6 Å². The lowest BCUT2D eigenvalue weighted by atomic mass is 10.00. The van der Waals surface area contributed by atoms with Crippen LogP contribution in [-0.4, -0.2) is 6.26 Å². The molecule has 0 saturated carbocycles. The third-order valence-corrected chi connectivity index (χ3v) is 4.54. The van der Waals surface area contributed by atoms with E-state index >= 15 is 0 Å². The third-order valence-electron chi connectivity index (χ3n) is 2.99. The average Bonchev–Trinajstić information content (AvgIpc) is 2.41. The van der Waals surface area contributed by atoms with Crippen LogP contribution in [0, 0.1) is 5.82 Å². The van der Waals surface area contributed by atoms with E-state index in [4.69, 9.17) is 5.73 Å². The summed E-state index contributed by atoms with van der Waals surface area (Å²) in [5.41, 5.74) is 8.43. The van der Waals surface area contributed by atoms with Gasteiger partial charge in [0, 0.05) is 15.4 Å². The van der Waals surface area contributed by atoms with Gasteiger partial charge in [-0.3, -0.25) is 0 Å². The highest BCUT2D eigenvalue weighted by atomic mass is 79.9. The van der Waals surface area contributed by atoms with Crippen LogP contribution in [0.25, 0.3) is 0 Å². The second-order valence-electron chi connectivity index (χ2n) is 4.29. The van der Waals surface area contributed by atoms with Crippen LogP contribution in [0.3, 0.4) is 0 Å². The van der Waals surface area contributed by atoms with Crippen LogP contribution >= 0.6 is 27.7 Å². The van der Waals surface area contributed by atoms with Gasteiger partial charge in [0.2, 0.25) is 0 Å². The van der Waals surface area contributed by atoms with E-state index in [0.29, 0.717) is 6.42 Å². The molecule has 4 heteroatoms. The highest BCUT2D eigenvalue weighted by molar-refractivity contribution is 9.10. The lowest BCUT2D eigenvalue weighted by Crippen LogP contribution is -2.14. The predicted octanol–water partition coefficient (Wildman–Crippen LogP) is 4.55. The second-order valence-corrected chi connectivity index (χ2v) is 5.99. The lowest BCUT2D eigenvalue weighted by Gasteiger charge is -2.16. The van der Waals surface area contributed by atoms with Crippen molar-refractivity contribution >= 4 is 27.7 Å². The number of benzene rings is 2. The maximum Gasteiger partial charge on any atom is 0.124 e. The molecule has 0 aliphatic heterocycles. The maximum absolute atomic E-state index is 13.1. The number of hydrogen-bond acceptors (Lipinski definition) is 2. The number of nitrogens with two attached hydrogens (primary N) is 1. The molecular formula is C15H15BrFNS. The molecule has 0 aromatic heterocycles. The maximum atomic E-state index is 13.1. The van der Waals surface area contributed by atoms with Crippen LogP contribution in [0.15, 0.2) is 51.8 Å². The Morgan fingerprint density at radius 1 is 1.26 bits per heavy atom. The Morgan fingerprint density at radius 3 is 2.68 bits per heavy atom. The van der Waals surface area contributed by atoms with E-state index < -0.39 is 0 Å². The average molecular weight is 340 g/mol. The summed E-state index contributed by atoms with van der Waals surface area (Å²) in [6.07, 6.45) is 2.72. The Balaban J connectivity index is 2.23. The van der Waals surface area contributed by atoms with Gasteiger partial charge < -0.3 is 5.73 Å². The Morgan fingerprint density at radius 2 is 2.00 bits per heavy atom. The molecule has 0 bridgehead atoms. The van der Waals surface area contributed by atoms with Crippen molar-refractivity contribution in [2.75, 3.05) is 6.26 Å². The molecule has 100 valence electrons. The Bertz CT molecular complexity index is 574. The normalized spacial score (nSPS) is 12.4. The topological polar surface area (TPSA) is 26.0 Å². The Hall–Kier alpha value is -0.840. The van der Waals surface area contributed by atoms with Gasteiger partial charge in [-0.2, -0.15) is 0 Å². The van der Waals surface area contributed by atoms with E-state index in [-0.39, 0.29) is 11.9 Å². The summed E-state index contributed by atoms with van der Waals surface area (Å²) in [6, 6.07) is 12.7. The van der Waals surface area contributed by atoms with Gasteiger partial charge in [0.05, 0.1) is 0 Å². The van der Waals surface area contributed by atoms with E-state index in [1.807, 2.05) is 24.5 Å². The van der Waals surface area contributed by atoms with Crippen LogP contribution in [-0.2, 0) is 6.42 Å². The lowest BCUT2D eigenvalue weighted by molar-refractivity contribution is 0.624. The van der Waals surface area contributed by atoms with Crippen molar-refractivity contribution in [2.45, 2.75) is 17.4 Å². The van der Waals surface area contributed by atoms with Crippen molar-refractivity contribution in [2.24, 2.45) is 5.73 Å². The third kappa shape index (κ3) is 3.59. The smallest absolute Gasteiger partial charge is 0.124 e. The van der Waals surface area contributed by atoms with Crippen LogP contribution in [0.2, 0.25) is 0 Å². The van der Waals surface area contributed by atoms with Gasteiger partial charge in [-0.05, 0) is 42.0 Å². The molecule has 0 radical (unpaired) electrons. The fourth-order valence-electron chi connectivity index (χ4n) is 2.01. The molecule has 2 aromatic rings. The van der Waals surface area contributed by atoms with Crippen LogP contribution in [0.1, 0.15) is 17.2 Å². The second kappa shape index (κ2) is 6.55. The molecule has 19 heavy (non-hydrogen) atoms. The van der Waals surface area contributed by atoms with E-state index in [9.17, 15) is 4.39 Å². The molecule has 0 fully saturated rings. The first kappa shape index (κ1) is 14.6. The zero-order chi connectivity index (χ0) is 13.8. The van der Waals surface area contributed by atoms with Crippen molar-refractivity contribution in [3.63, 3.8) is 0 Å². The molecular weight excluding hydrogens is 325 g/mol. The van der Waals surface area contributed by atoms with E-state index in [1.165, 1.54) is 17.0 Å². The molecule has 0 heterocycles. The molecule has 1 nitrogen and oxygen atoms in total. The van der Waals surface area contributed by atoms with Gasteiger partial charge in [0.25, 0.3) is 0 Å². The summed E-state index contributed by atoms with van der Waals surface area (Å²) < 4.78 is 13.8. The van der Waals surface area contributed by atoms with Gasteiger partial charge in [0.15, 0.2) is 0 Å². The van der Waals surface area contributed by atoms with Gasteiger partial charge in [0.1, 0.15) is 5.82 Å². The number of rotatable bonds is 4. The van der Waals surface area contributed by atoms with Crippen molar-refractivity contribution < 1.29 is 4.39 Å². The summed E-state index contributed by atoms with van der Waals surface area (Å²) in [6.45, 7) is 0. The highest BCUT2D eigenvalue weighted by Crippen LogP contribution is 2.28. The first-order chi connectivity index (χ1) is 9.11. The summed E-state index contributed by atoms with van der Waals surface area (Å²) in [4.78, 5) is 1.19. The van der Waals surface area contributed by atoms with E-state index in [2.05, 4.69) is 22.0 Å². The molecule has 1 unspecified atom stereocenters. The van der Waals surface area contributed by atoms with Gasteiger partial charge in [-0.1, -0.05) is 40.2 Å². The molecule has 1 atom stereocenters. The van der Waals surface area contributed by atoms with Crippen LogP contribution in [0.5, 0.6) is 0 Å². The zero-order valence-electron chi connectivity index (χ0n) is 10.6. The van der Waals surface area contributed by atoms with Crippen molar-refractivity contribution in [1.29, 1.82) is 0 Å². The number of thioether (sulfide) groups is 1. The quantitative estimate of drug-likeness (QED) is 0.826. The summed E-state index contributed by atoms with van der Waals surface area (Å²) in [5, 5.41) is 0. The largest absolute Gasteiger partial charge is 0.324 e. The molecule has 0 saturated heterocycles. The van der Waals surface area contributed by atoms with Gasteiger partial charge >= 0.3 is 0 Å². The minimum Gasteiger partial charge on any atom is -0.324 e. The molecule has 2 aromatic carbocycles. The molecule has 2 rings (SSSR count). The zero-order valence-corrected chi connectivity index (χ0v) is 13.0. The van der Waals surface area contributed by atoms with Gasteiger partial charge in [-0.25, -0.2) is 4.39 Å². The van der Waals surface area contributed by atoms with Crippen LogP contribution < -0.4 is 5.73 Å². The summed E-state index contributed by atoms with van der Waals surface area (Å²) >= 11 is 5.07. The minimum absolute atomic E-state index is 0.0922. The highest BCUT2D eigenvalue weighted by Gasteiger charge is 2.13. The molecule has 0 amide bonds. The molecule has 2 N–H and O–H groups in total. The van der Waals surface area contributed by atoms with Crippen molar-refractivity contribution in [1.82, 2.24) is 0 Å². The standard InChI is InChI=1S/C15H15BrFNS/c1-19-15-5-3-2-4-12(15)14(18)8-10-6-7-11(17)9-13(10)16/h2-7,9,14H,8,18H2,1H3. The summed E-state index contributed by atoms with van der Waals surface area (Å²) in [7, 11) is 0. The van der Waals surface area contributed by atoms with Crippen molar-refractivity contribution in [3.05, 3.63) is 63.9 Å². The van der Waals surface area contributed by atoms with Crippen molar-refractivity contribution in [3.8, 4) is 0 Å². The Labute approximate surface area is 125 Å². The first-order valence-electron chi connectivity index (χ1n) is 5.94.